The second kappa shape index (κ2) is 9.82. The molecule has 37 heavy (non-hydrogen) atoms. The number of amides is 1. The Morgan fingerprint density at radius 3 is 2.68 bits per heavy atom. The van der Waals surface area contributed by atoms with Gasteiger partial charge in [-0.3, -0.25) is 4.79 Å². The Hall–Kier alpha value is -4.58. The van der Waals surface area contributed by atoms with Crippen molar-refractivity contribution in [2.75, 3.05) is 28.6 Å². The van der Waals surface area contributed by atoms with E-state index in [1.54, 1.807) is 24.4 Å². The zero-order valence-corrected chi connectivity index (χ0v) is 21.1. The first-order valence-electron chi connectivity index (χ1n) is 12.3. The second-order valence-corrected chi connectivity index (χ2v) is 9.75. The molecule has 0 atom stereocenters. The van der Waals surface area contributed by atoms with Crippen LogP contribution >= 0.6 is 0 Å². The van der Waals surface area contributed by atoms with Gasteiger partial charge in [0, 0.05) is 30.0 Å². The number of carbonyl (C=O) groups excluding carboxylic acids is 1. The summed E-state index contributed by atoms with van der Waals surface area (Å²) in [6, 6.07) is 15.1. The third-order valence-electron chi connectivity index (χ3n) is 6.63. The molecule has 2 N–H and O–H groups in total. The van der Waals surface area contributed by atoms with E-state index in [4.69, 9.17) is 4.98 Å². The molecule has 0 unspecified atom stereocenters. The normalized spacial score (nSPS) is 13.4. The van der Waals surface area contributed by atoms with Crippen LogP contribution in [0.1, 0.15) is 48.2 Å². The van der Waals surface area contributed by atoms with Crippen LogP contribution in [0.25, 0.3) is 11.0 Å². The molecule has 9 nitrogen and oxygen atoms in total. The van der Waals surface area contributed by atoms with Crippen molar-refractivity contribution in [2.24, 2.45) is 0 Å². The zero-order chi connectivity index (χ0) is 26.0. The van der Waals surface area contributed by atoms with E-state index in [1.165, 1.54) is 6.33 Å². The molecule has 1 amide bonds. The summed E-state index contributed by atoms with van der Waals surface area (Å²) in [5.41, 5.74) is 4.30. The smallest absolute Gasteiger partial charge is 0.255 e. The van der Waals surface area contributed by atoms with Gasteiger partial charge in [0.15, 0.2) is 5.82 Å². The minimum Gasteiger partial charge on any atom is -0.341 e. The van der Waals surface area contributed by atoms with Crippen LogP contribution in [0.5, 0.6) is 0 Å². The molecule has 186 valence electrons. The summed E-state index contributed by atoms with van der Waals surface area (Å²) in [4.78, 5) is 33.2. The predicted octanol–water partition coefficient (Wildman–Crippen LogP) is 5.13. The van der Waals surface area contributed by atoms with Gasteiger partial charge in [0.2, 0.25) is 5.95 Å². The first kappa shape index (κ1) is 24.1. The molecule has 1 fully saturated rings. The number of rotatable bonds is 6. The van der Waals surface area contributed by atoms with Crippen LogP contribution < -0.4 is 15.5 Å². The fraction of sp³-hybridized carbons (Fsp3) is 0.286. The number of hydrogen-bond donors (Lipinski definition) is 2. The van der Waals surface area contributed by atoms with Gasteiger partial charge in [0.05, 0.1) is 17.7 Å². The minimum atomic E-state index is -0.685. The largest absolute Gasteiger partial charge is 0.341 e. The SMILES string of the molecule is Cc1ccc(NC(=O)c2cccc(C(C)(C)C#N)c2)cc1Nc1ncnc2cnc(N3CCCC3)nc12. The lowest BCUT2D eigenvalue weighted by Gasteiger charge is -2.17. The first-order valence-corrected chi connectivity index (χ1v) is 12.3. The molecule has 0 bridgehead atoms. The van der Waals surface area contributed by atoms with Gasteiger partial charge in [-0.15, -0.1) is 0 Å². The predicted molar refractivity (Wildman–Crippen MR) is 144 cm³/mol. The molecule has 1 saturated heterocycles. The Kier molecular flexibility index (Phi) is 6.40. The lowest BCUT2D eigenvalue weighted by molar-refractivity contribution is 0.102. The number of carbonyl (C=O) groups is 1. The van der Waals surface area contributed by atoms with Crippen molar-refractivity contribution >= 4 is 40.1 Å². The number of nitrogens with one attached hydrogen (secondary N) is 2. The van der Waals surface area contributed by atoms with Crippen molar-refractivity contribution in [3.63, 3.8) is 0 Å². The topological polar surface area (TPSA) is 120 Å². The lowest BCUT2D eigenvalue weighted by atomic mass is 9.85. The van der Waals surface area contributed by atoms with Crippen LogP contribution in [0.3, 0.4) is 0 Å². The van der Waals surface area contributed by atoms with E-state index < -0.39 is 5.41 Å². The monoisotopic (exact) mass is 492 g/mol. The molecule has 0 aliphatic carbocycles. The fourth-order valence-corrected chi connectivity index (χ4v) is 4.28. The van der Waals surface area contributed by atoms with Crippen molar-refractivity contribution < 1.29 is 4.79 Å². The van der Waals surface area contributed by atoms with Gasteiger partial charge in [-0.25, -0.2) is 19.9 Å². The Bertz CT molecular complexity index is 1520. The van der Waals surface area contributed by atoms with Crippen LogP contribution in [0.15, 0.2) is 55.0 Å². The van der Waals surface area contributed by atoms with E-state index in [-0.39, 0.29) is 5.91 Å². The summed E-state index contributed by atoms with van der Waals surface area (Å²) in [6.45, 7) is 7.53. The van der Waals surface area contributed by atoms with Crippen molar-refractivity contribution in [1.82, 2.24) is 19.9 Å². The van der Waals surface area contributed by atoms with Crippen LogP contribution in [0.2, 0.25) is 0 Å². The summed E-state index contributed by atoms with van der Waals surface area (Å²) in [5.74, 6) is 1.01. The average molecular weight is 493 g/mol. The van der Waals surface area contributed by atoms with Crippen LogP contribution in [-0.4, -0.2) is 38.9 Å². The number of aromatic nitrogens is 4. The molecule has 0 saturated carbocycles. The van der Waals surface area contributed by atoms with Gasteiger partial charge in [-0.2, -0.15) is 5.26 Å². The van der Waals surface area contributed by atoms with Gasteiger partial charge in [0.25, 0.3) is 5.91 Å². The summed E-state index contributed by atoms with van der Waals surface area (Å²) >= 11 is 0. The van der Waals surface area contributed by atoms with Crippen molar-refractivity contribution in [2.45, 2.75) is 39.0 Å². The maximum absolute atomic E-state index is 13.0. The standard InChI is InChI=1S/C28H28N8O/c1-18-9-10-21(33-26(37)19-7-6-8-20(13-19)28(2,3)16-29)14-22(18)34-25-24-23(31-17-32-25)15-30-27(35-24)36-11-4-5-12-36/h6-10,13-15,17H,4-5,11-12H2,1-3H3,(H,33,37)(H,31,32,34). The Morgan fingerprint density at radius 2 is 1.89 bits per heavy atom. The molecule has 4 aromatic rings. The summed E-state index contributed by atoms with van der Waals surface area (Å²) < 4.78 is 0. The fourth-order valence-electron chi connectivity index (χ4n) is 4.28. The number of nitriles is 1. The maximum Gasteiger partial charge on any atom is 0.255 e. The number of hydrogen-bond acceptors (Lipinski definition) is 8. The van der Waals surface area contributed by atoms with E-state index in [0.29, 0.717) is 34.1 Å². The van der Waals surface area contributed by atoms with Gasteiger partial charge < -0.3 is 15.5 Å². The highest BCUT2D eigenvalue weighted by molar-refractivity contribution is 6.04. The second-order valence-electron chi connectivity index (χ2n) is 9.75. The molecule has 5 rings (SSSR count). The summed E-state index contributed by atoms with van der Waals surface area (Å²) in [5, 5.41) is 15.8. The Morgan fingerprint density at radius 1 is 1.08 bits per heavy atom. The highest BCUT2D eigenvalue weighted by atomic mass is 16.1. The van der Waals surface area contributed by atoms with E-state index in [0.717, 1.165) is 42.7 Å². The lowest BCUT2D eigenvalue weighted by Crippen LogP contribution is -2.20. The van der Waals surface area contributed by atoms with Gasteiger partial charge in [-0.1, -0.05) is 18.2 Å². The number of anilines is 4. The molecule has 1 aliphatic heterocycles. The van der Waals surface area contributed by atoms with Crippen molar-refractivity contribution in [3.8, 4) is 6.07 Å². The molecule has 1 aliphatic rings. The van der Waals surface area contributed by atoms with E-state index >= 15 is 0 Å². The summed E-state index contributed by atoms with van der Waals surface area (Å²) in [6.07, 6.45) is 5.49. The molecular formula is C28H28N8O. The van der Waals surface area contributed by atoms with E-state index in [2.05, 4.69) is 36.6 Å². The van der Waals surface area contributed by atoms with E-state index in [9.17, 15) is 10.1 Å². The number of aryl methyl sites for hydroxylation is 1. The first-order chi connectivity index (χ1) is 17.8. The van der Waals surface area contributed by atoms with Crippen LogP contribution in [0.4, 0.5) is 23.1 Å². The maximum atomic E-state index is 13.0. The highest BCUT2D eigenvalue weighted by Gasteiger charge is 2.21. The third kappa shape index (κ3) is 5.05. The average Bonchev–Trinajstić information content (AvgIpc) is 3.46. The number of benzene rings is 2. The molecule has 2 aromatic heterocycles. The molecule has 3 heterocycles. The number of nitrogens with zero attached hydrogens (tertiary/aromatic N) is 6. The third-order valence-corrected chi connectivity index (χ3v) is 6.63. The minimum absolute atomic E-state index is 0.249. The zero-order valence-electron chi connectivity index (χ0n) is 21.1. The number of fused-ring (bicyclic) bond motifs is 1. The Labute approximate surface area is 215 Å². The van der Waals surface area contributed by atoms with Crippen molar-refractivity contribution in [3.05, 3.63) is 71.7 Å². The van der Waals surface area contributed by atoms with Crippen LogP contribution in [-0.2, 0) is 5.41 Å². The van der Waals surface area contributed by atoms with Crippen LogP contribution in [0, 0.1) is 18.3 Å². The van der Waals surface area contributed by atoms with Gasteiger partial charge in [-0.05, 0) is 69.0 Å². The molecule has 0 spiro atoms. The van der Waals surface area contributed by atoms with E-state index in [1.807, 2.05) is 45.0 Å². The molecule has 2 aromatic carbocycles. The van der Waals surface area contributed by atoms with Crippen molar-refractivity contribution in [1.29, 1.82) is 5.26 Å². The van der Waals surface area contributed by atoms with Gasteiger partial charge >= 0.3 is 0 Å². The molecular weight excluding hydrogens is 464 g/mol. The molecule has 9 heteroatoms. The summed E-state index contributed by atoms with van der Waals surface area (Å²) in [7, 11) is 0. The molecule has 0 radical (unpaired) electrons. The van der Waals surface area contributed by atoms with Gasteiger partial charge in [0.1, 0.15) is 17.4 Å². The Balaban J connectivity index is 1.40. The highest BCUT2D eigenvalue weighted by Crippen LogP contribution is 2.28. The quantitative estimate of drug-likeness (QED) is 0.380.